The SMILES string of the molecule is Cc1nc(C)c(C(=O)N2CCCNCC2)c(-c2cccc(Cl)c2)c1C(=O)O. The summed E-state index contributed by atoms with van der Waals surface area (Å²) in [5.41, 5.74) is 2.27. The first-order valence-corrected chi connectivity index (χ1v) is 9.28. The molecule has 0 unspecified atom stereocenters. The van der Waals surface area contributed by atoms with Crippen LogP contribution < -0.4 is 5.32 Å². The van der Waals surface area contributed by atoms with Crippen molar-refractivity contribution < 1.29 is 14.7 Å². The van der Waals surface area contributed by atoms with Crippen molar-refractivity contribution in [3.8, 4) is 11.1 Å². The smallest absolute Gasteiger partial charge is 0.338 e. The Balaban J connectivity index is 2.24. The minimum Gasteiger partial charge on any atom is -0.478 e. The Labute approximate surface area is 163 Å². The van der Waals surface area contributed by atoms with Crippen molar-refractivity contribution >= 4 is 23.5 Å². The van der Waals surface area contributed by atoms with Gasteiger partial charge in [0.15, 0.2) is 0 Å². The fourth-order valence-corrected chi connectivity index (χ4v) is 3.70. The molecular weight excluding hydrogens is 366 g/mol. The lowest BCUT2D eigenvalue weighted by Crippen LogP contribution is -2.35. The molecule has 0 aliphatic carbocycles. The van der Waals surface area contributed by atoms with Crippen LogP contribution in [0.15, 0.2) is 24.3 Å². The van der Waals surface area contributed by atoms with Crippen LogP contribution >= 0.6 is 11.6 Å². The third-order valence-corrected chi connectivity index (χ3v) is 4.96. The molecule has 0 radical (unpaired) electrons. The molecule has 6 nitrogen and oxygen atoms in total. The molecule has 1 amide bonds. The number of benzene rings is 1. The second kappa shape index (κ2) is 8.06. The summed E-state index contributed by atoms with van der Waals surface area (Å²) in [5.74, 6) is -1.30. The number of carboxylic acid groups (broad SMARTS) is 1. The molecule has 27 heavy (non-hydrogen) atoms. The van der Waals surface area contributed by atoms with E-state index < -0.39 is 5.97 Å². The van der Waals surface area contributed by atoms with Crippen molar-refractivity contribution in [2.45, 2.75) is 20.3 Å². The number of pyridine rings is 1. The van der Waals surface area contributed by atoms with Crippen LogP contribution in [-0.4, -0.2) is 53.0 Å². The zero-order valence-electron chi connectivity index (χ0n) is 15.4. The van der Waals surface area contributed by atoms with Gasteiger partial charge in [0.05, 0.1) is 22.5 Å². The van der Waals surface area contributed by atoms with Crippen LogP contribution in [0.1, 0.15) is 38.5 Å². The average molecular weight is 388 g/mol. The summed E-state index contributed by atoms with van der Waals surface area (Å²) in [6.45, 7) is 6.16. The largest absolute Gasteiger partial charge is 0.478 e. The van der Waals surface area contributed by atoms with Gasteiger partial charge >= 0.3 is 5.97 Å². The number of nitrogens with one attached hydrogen (secondary N) is 1. The van der Waals surface area contributed by atoms with Crippen molar-refractivity contribution in [2.75, 3.05) is 26.2 Å². The van der Waals surface area contributed by atoms with Crippen LogP contribution in [-0.2, 0) is 0 Å². The number of aromatic nitrogens is 1. The number of carbonyl (C=O) groups is 2. The molecule has 2 heterocycles. The highest BCUT2D eigenvalue weighted by molar-refractivity contribution is 6.31. The van der Waals surface area contributed by atoms with Crippen molar-refractivity contribution in [1.29, 1.82) is 0 Å². The predicted molar refractivity (Wildman–Crippen MR) is 105 cm³/mol. The van der Waals surface area contributed by atoms with E-state index in [0.717, 1.165) is 13.0 Å². The van der Waals surface area contributed by atoms with Gasteiger partial charge in [0, 0.05) is 30.2 Å². The monoisotopic (exact) mass is 387 g/mol. The van der Waals surface area contributed by atoms with E-state index >= 15 is 0 Å². The Hall–Kier alpha value is -2.44. The summed E-state index contributed by atoms with van der Waals surface area (Å²) >= 11 is 6.14. The second-order valence-corrected chi connectivity index (χ2v) is 7.06. The van der Waals surface area contributed by atoms with Crippen LogP contribution in [0.25, 0.3) is 11.1 Å². The van der Waals surface area contributed by atoms with E-state index in [9.17, 15) is 14.7 Å². The predicted octanol–water partition coefficient (Wildman–Crippen LogP) is 3.15. The van der Waals surface area contributed by atoms with Crippen LogP contribution in [0.3, 0.4) is 0 Å². The first-order chi connectivity index (χ1) is 12.9. The molecule has 1 aliphatic heterocycles. The number of halogens is 1. The average Bonchev–Trinajstić information content (AvgIpc) is 2.89. The van der Waals surface area contributed by atoms with E-state index in [1.165, 1.54) is 0 Å². The lowest BCUT2D eigenvalue weighted by atomic mass is 9.91. The molecule has 2 N–H and O–H groups in total. The third kappa shape index (κ3) is 3.96. The molecule has 0 saturated carbocycles. The maximum atomic E-state index is 13.4. The number of amides is 1. The zero-order valence-corrected chi connectivity index (χ0v) is 16.1. The van der Waals surface area contributed by atoms with E-state index in [1.807, 2.05) is 0 Å². The number of rotatable bonds is 3. The Kier molecular flexibility index (Phi) is 5.77. The van der Waals surface area contributed by atoms with Gasteiger partial charge in [0.25, 0.3) is 5.91 Å². The molecule has 1 aliphatic rings. The highest BCUT2D eigenvalue weighted by Gasteiger charge is 2.29. The summed E-state index contributed by atoms with van der Waals surface area (Å²) in [6, 6.07) is 6.92. The molecule has 0 atom stereocenters. The highest BCUT2D eigenvalue weighted by Crippen LogP contribution is 2.33. The molecule has 1 aromatic heterocycles. The minimum absolute atomic E-state index is 0.0409. The van der Waals surface area contributed by atoms with E-state index in [4.69, 9.17) is 11.6 Å². The molecule has 2 aromatic rings. The Morgan fingerprint density at radius 1 is 1.15 bits per heavy atom. The summed E-state index contributed by atoms with van der Waals surface area (Å²) in [7, 11) is 0. The first-order valence-electron chi connectivity index (χ1n) is 8.90. The van der Waals surface area contributed by atoms with Gasteiger partial charge in [-0.15, -0.1) is 0 Å². The topological polar surface area (TPSA) is 82.5 Å². The fourth-order valence-electron chi connectivity index (χ4n) is 3.51. The summed E-state index contributed by atoms with van der Waals surface area (Å²) in [5, 5.41) is 13.6. The van der Waals surface area contributed by atoms with Crippen molar-refractivity contribution in [2.24, 2.45) is 0 Å². The first kappa shape index (κ1) is 19.3. The summed E-state index contributed by atoms with van der Waals surface area (Å²) in [4.78, 5) is 31.5. The van der Waals surface area contributed by atoms with Gasteiger partial charge in [-0.3, -0.25) is 9.78 Å². The Bertz CT molecular complexity index is 890. The molecule has 7 heteroatoms. The van der Waals surface area contributed by atoms with Gasteiger partial charge in [-0.1, -0.05) is 23.7 Å². The number of nitrogens with zero attached hydrogens (tertiary/aromatic N) is 2. The van der Waals surface area contributed by atoms with Crippen LogP contribution in [0.2, 0.25) is 5.02 Å². The lowest BCUT2D eigenvalue weighted by molar-refractivity contribution is 0.0696. The number of hydrogen-bond donors (Lipinski definition) is 2. The molecule has 3 rings (SSSR count). The van der Waals surface area contributed by atoms with Gasteiger partial charge in [0.1, 0.15) is 0 Å². The number of carboxylic acids is 1. The summed E-state index contributed by atoms with van der Waals surface area (Å²) in [6.07, 6.45) is 0.850. The molecule has 0 spiro atoms. The van der Waals surface area contributed by atoms with Crippen molar-refractivity contribution in [3.63, 3.8) is 0 Å². The minimum atomic E-state index is -1.11. The fraction of sp³-hybridized carbons (Fsp3) is 0.350. The van der Waals surface area contributed by atoms with Gasteiger partial charge in [-0.25, -0.2) is 4.79 Å². The summed E-state index contributed by atoms with van der Waals surface area (Å²) < 4.78 is 0. The molecule has 142 valence electrons. The van der Waals surface area contributed by atoms with Gasteiger partial charge in [-0.2, -0.15) is 0 Å². The zero-order chi connectivity index (χ0) is 19.6. The molecule has 1 aromatic carbocycles. The maximum Gasteiger partial charge on any atom is 0.338 e. The molecule has 1 fully saturated rings. The van der Waals surface area contributed by atoms with Crippen LogP contribution in [0.4, 0.5) is 0 Å². The lowest BCUT2D eigenvalue weighted by Gasteiger charge is -2.24. The van der Waals surface area contributed by atoms with E-state index in [2.05, 4.69) is 10.3 Å². The second-order valence-electron chi connectivity index (χ2n) is 6.62. The number of hydrogen-bond acceptors (Lipinski definition) is 4. The normalized spacial score (nSPS) is 14.7. The van der Waals surface area contributed by atoms with Crippen LogP contribution in [0.5, 0.6) is 0 Å². The number of aromatic carboxylic acids is 1. The number of aryl methyl sites for hydroxylation is 2. The molecule has 1 saturated heterocycles. The van der Waals surface area contributed by atoms with Crippen LogP contribution in [0, 0.1) is 13.8 Å². The Morgan fingerprint density at radius 3 is 2.59 bits per heavy atom. The van der Waals surface area contributed by atoms with Gasteiger partial charge in [0.2, 0.25) is 0 Å². The highest BCUT2D eigenvalue weighted by atomic mass is 35.5. The van der Waals surface area contributed by atoms with E-state index in [0.29, 0.717) is 52.7 Å². The van der Waals surface area contributed by atoms with Gasteiger partial charge in [-0.05, 0) is 44.5 Å². The molecular formula is C20H22ClN3O3. The standard InChI is InChI=1S/C20H22ClN3O3/c1-12-16(19(25)24-9-4-7-22-8-10-24)18(14-5-3-6-15(21)11-14)17(20(26)27)13(2)23-12/h3,5-6,11,22H,4,7-10H2,1-2H3,(H,26,27). The van der Waals surface area contributed by atoms with Gasteiger partial charge < -0.3 is 15.3 Å². The van der Waals surface area contributed by atoms with Crippen molar-refractivity contribution in [1.82, 2.24) is 15.2 Å². The van der Waals surface area contributed by atoms with Crippen molar-refractivity contribution in [3.05, 3.63) is 51.8 Å². The quantitative estimate of drug-likeness (QED) is 0.845. The third-order valence-electron chi connectivity index (χ3n) is 4.73. The van der Waals surface area contributed by atoms with E-state index in [-0.39, 0.29) is 11.5 Å². The maximum absolute atomic E-state index is 13.4. The number of carbonyl (C=O) groups excluding carboxylic acids is 1. The Morgan fingerprint density at radius 2 is 1.89 bits per heavy atom. The van der Waals surface area contributed by atoms with E-state index in [1.54, 1.807) is 43.0 Å². The molecule has 0 bridgehead atoms.